The minimum Gasteiger partial charge on any atom is -0.495 e. The minimum absolute atomic E-state index is 0.268. The summed E-state index contributed by atoms with van der Waals surface area (Å²) in [5.74, 6) is 1.35. The summed E-state index contributed by atoms with van der Waals surface area (Å²) in [5, 5.41) is 6.00. The third kappa shape index (κ3) is 4.54. The van der Waals surface area contributed by atoms with Crippen molar-refractivity contribution in [3.8, 4) is 17.1 Å². The molecule has 1 amide bonds. The zero-order chi connectivity index (χ0) is 19.9. The lowest BCUT2D eigenvalue weighted by molar-refractivity contribution is 0.0953. The topological polar surface area (TPSA) is 76.1 Å². The Hall–Kier alpha value is -3.67. The summed E-state index contributed by atoms with van der Waals surface area (Å²) in [6.45, 7) is 5.97. The molecule has 3 aromatic rings. The number of nitrogens with zero attached hydrogens (tertiary/aromatic N) is 2. The Labute approximate surface area is 164 Å². The molecule has 0 aliphatic rings. The van der Waals surface area contributed by atoms with Gasteiger partial charge in [-0.2, -0.15) is 0 Å². The summed E-state index contributed by atoms with van der Waals surface area (Å²) in [6, 6.07) is 17.0. The van der Waals surface area contributed by atoms with Crippen molar-refractivity contribution in [1.82, 2.24) is 15.3 Å². The molecule has 2 N–H and O–H groups in total. The second-order valence-electron chi connectivity index (χ2n) is 6.16. The average molecular weight is 374 g/mol. The summed E-state index contributed by atoms with van der Waals surface area (Å²) < 4.78 is 5.42. The first-order valence-corrected chi connectivity index (χ1v) is 8.86. The van der Waals surface area contributed by atoms with Gasteiger partial charge in [-0.05, 0) is 24.6 Å². The van der Waals surface area contributed by atoms with Crippen LogP contribution in [0.1, 0.15) is 16.1 Å². The lowest BCUT2D eigenvalue weighted by Gasteiger charge is -2.13. The van der Waals surface area contributed by atoms with Gasteiger partial charge in [-0.15, -0.1) is 6.58 Å². The van der Waals surface area contributed by atoms with Gasteiger partial charge in [0.1, 0.15) is 17.3 Å². The molecule has 6 nitrogen and oxygen atoms in total. The summed E-state index contributed by atoms with van der Waals surface area (Å²) in [4.78, 5) is 21.5. The Morgan fingerprint density at radius 1 is 1.14 bits per heavy atom. The van der Waals surface area contributed by atoms with Gasteiger partial charge in [-0.25, -0.2) is 9.97 Å². The van der Waals surface area contributed by atoms with E-state index in [1.165, 1.54) is 0 Å². The fourth-order valence-electron chi connectivity index (χ4n) is 2.66. The molecule has 3 rings (SSSR count). The van der Waals surface area contributed by atoms with Crippen LogP contribution >= 0.6 is 0 Å². The van der Waals surface area contributed by atoms with E-state index in [2.05, 4.69) is 27.2 Å². The van der Waals surface area contributed by atoms with Crippen LogP contribution in [0.15, 0.2) is 67.3 Å². The van der Waals surface area contributed by atoms with Crippen LogP contribution < -0.4 is 15.4 Å². The molecule has 0 bridgehead atoms. The van der Waals surface area contributed by atoms with E-state index in [1.807, 2.05) is 55.5 Å². The van der Waals surface area contributed by atoms with Gasteiger partial charge in [-0.1, -0.05) is 42.5 Å². The fourth-order valence-corrected chi connectivity index (χ4v) is 2.66. The number of hydrogen-bond donors (Lipinski definition) is 2. The second kappa shape index (κ2) is 8.81. The number of carbonyl (C=O) groups excluding carboxylic acids is 1. The highest BCUT2D eigenvalue weighted by atomic mass is 16.5. The zero-order valence-electron chi connectivity index (χ0n) is 15.9. The fraction of sp³-hybridized carbons (Fsp3) is 0.136. The summed E-state index contributed by atoms with van der Waals surface area (Å²) >= 11 is 0. The van der Waals surface area contributed by atoms with E-state index in [-0.39, 0.29) is 11.6 Å². The second-order valence-corrected chi connectivity index (χ2v) is 6.16. The largest absolute Gasteiger partial charge is 0.495 e. The van der Waals surface area contributed by atoms with Crippen LogP contribution in [0, 0.1) is 6.92 Å². The normalized spacial score (nSPS) is 10.2. The molecule has 1 aromatic heterocycles. The van der Waals surface area contributed by atoms with Crippen molar-refractivity contribution in [3.05, 3.63) is 78.5 Å². The maximum Gasteiger partial charge on any atom is 0.270 e. The number of hydrogen-bond acceptors (Lipinski definition) is 5. The van der Waals surface area contributed by atoms with Crippen LogP contribution in [0.3, 0.4) is 0 Å². The van der Waals surface area contributed by atoms with E-state index in [0.29, 0.717) is 23.9 Å². The molecule has 0 aliphatic heterocycles. The van der Waals surface area contributed by atoms with Crippen LogP contribution in [0.2, 0.25) is 0 Å². The predicted molar refractivity (Wildman–Crippen MR) is 111 cm³/mol. The Morgan fingerprint density at radius 3 is 2.64 bits per heavy atom. The molecule has 6 heteroatoms. The molecule has 0 spiro atoms. The lowest BCUT2D eigenvalue weighted by Crippen LogP contribution is -2.24. The number of rotatable bonds is 7. The molecule has 28 heavy (non-hydrogen) atoms. The summed E-state index contributed by atoms with van der Waals surface area (Å²) in [7, 11) is 1.61. The molecule has 2 aromatic carbocycles. The van der Waals surface area contributed by atoms with Gasteiger partial charge >= 0.3 is 0 Å². The maximum atomic E-state index is 12.5. The third-order valence-corrected chi connectivity index (χ3v) is 4.02. The number of anilines is 2. The highest BCUT2D eigenvalue weighted by molar-refractivity contribution is 5.93. The van der Waals surface area contributed by atoms with Crippen LogP contribution in [0.4, 0.5) is 11.5 Å². The molecule has 0 radical (unpaired) electrons. The quantitative estimate of drug-likeness (QED) is 0.609. The van der Waals surface area contributed by atoms with Crippen molar-refractivity contribution >= 4 is 17.4 Å². The molecule has 0 aliphatic carbocycles. The predicted octanol–water partition coefficient (Wildman–Crippen LogP) is 4.12. The van der Waals surface area contributed by atoms with Crippen molar-refractivity contribution in [3.63, 3.8) is 0 Å². The first-order valence-electron chi connectivity index (χ1n) is 8.86. The third-order valence-electron chi connectivity index (χ3n) is 4.02. The van der Waals surface area contributed by atoms with E-state index in [9.17, 15) is 4.79 Å². The van der Waals surface area contributed by atoms with Crippen molar-refractivity contribution in [2.75, 3.05) is 19.0 Å². The van der Waals surface area contributed by atoms with Gasteiger partial charge in [0.05, 0.1) is 12.8 Å². The summed E-state index contributed by atoms with van der Waals surface area (Å²) in [6.07, 6.45) is 1.62. The number of aromatic nitrogens is 2. The molecule has 0 fully saturated rings. The van der Waals surface area contributed by atoms with Gasteiger partial charge in [0.15, 0.2) is 5.82 Å². The number of aryl methyl sites for hydroxylation is 1. The van der Waals surface area contributed by atoms with Crippen LogP contribution in [-0.2, 0) is 0 Å². The van der Waals surface area contributed by atoms with Gasteiger partial charge in [0.25, 0.3) is 5.91 Å². The van der Waals surface area contributed by atoms with Gasteiger partial charge < -0.3 is 15.4 Å². The Bertz CT molecular complexity index is 987. The van der Waals surface area contributed by atoms with E-state index < -0.39 is 0 Å². The molecular formula is C22H22N4O2. The number of nitrogens with one attached hydrogen (secondary N) is 2. The number of ether oxygens (including phenoxy) is 1. The highest BCUT2D eigenvalue weighted by Crippen LogP contribution is 2.29. The molecule has 1 heterocycles. The van der Waals surface area contributed by atoms with Crippen LogP contribution in [0.5, 0.6) is 5.75 Å². The minimum atomic E-state index is -0.293. The van der Waals surface area contributed by atoms with Crippen molar-refractivity contribution in [2.45, 2.75) is 6.92 Å². The van der Waals surface area contributed by atoms with E-state index in [4.69, 9.17) is 4.74 Å². The molecular weight excluding hydrogens is 352 g/mol. The standard InChI is InChI=1S/C22H22N4O2/c1-4-12-23-22(27)18-14-20(24-17-13-15(2)10-11-19(17)28-3)26-21(25-18)16-8-6-5-7-9-16/h4-11,13-14H,1,12H2,2-3H3,(H,23,27)(H,24,25,26). The van der Waals surface area contributed by atoms with E-state index >= 15 is 0 Å². The number of methoxy groups -OCH3 is 1. The van der Waals surface area contributed by atoms with Crippen molar-refractivity contribution < 1.29 is 9.53 Å². The van der Waals surface area contributed by atoms with E-state index in [0.717, 1.165) is 16.8 Å². The smallest absolute Gasteiger partial charge is 0.270 e. The summed E-state index contributed by atoms with van der Waals surface area (Å²) in [5.41, 5.74) is 2.92. The zero-order valence-corrected chi connectivity index (χ0v) is 15.9. The Kier molecular flexibility index (Phi) is 6.01. The monoisotopic (exact) mass is 374 g/mol. The van der Waals surface area contributed by atoms with Crippen LogP contribution in [0.25, 0.3) is 11.4 Å². The Balaban J connectivity index is 2.03. The number of carbonyl (C=O) groups is 1. The Morgan fingerprint density at radius 2 is 1.93 bits per heavy atom. The number of amides is 1. The maximum absolute atomic E-state index is 12.5. The van der Waals surface area contributed by atoms with Crippen LogP contribution in [-0.4, -0.2) is 29.5 Å². The van der Waals surface area contributed by atoms with Gasteiger partial charge in [-0.3, -0.25) is 4.79 Å². The number of benzene rings is 2. The van der Waals surface area contributed by atoms with Crippen molar-refractivity contribution in [2.24, 2.45) is 0 Å². The van der Waals surface area contributed by atoms with E-state index in [1.54, 1.807) is 19.3 Å². The molecule has 142 valence electrons. The first-order chi connectivity index (χ1) is 13.6. The highest BCUT2D eigenvalue weighted by Gasteiger charge is 2.14. The lowest BCUT2D eigenvalue weighted by atomic mass is 10.2. The molecule has 0 atom stereocenters. The van der Waals surface area contributed by atoms with Crippen molar-refractivity contribution in [1.29, 1.82) is 0 Å². The average Bonchev–Trinajstić information content (AvgIpc) is 2.72. The SMILES string of the molecule is C=CCNC(=O)c1cc(Nc2cc(C)ccc2OC)nc(-c2ccccc2)n1. The first kappa shape index (κ1) is 19.1. The van der Waals surface area contributed by atoms with Gasteiger partial charge in [0, 0.05) is 18.2 Å². The molecule has 0 unspecified atom stereocenters. The molecule has 0 saturated carbocycles. The molecule has 0 saturated heterocycles. The van der Waals surface area contributed by atoms with Gasteiger partial charge in [0.2, 0.25) is 0 Å².